The third-order valence-electron chi connectivity index (χ3n) is 2.56. The maximum absolute atomic E-state index is 5.49. The number of nitrogens with zero attached hydrogens (tertiary/aromatic N) is 1. The summed E-state index contributed by atoms with van der Waals surface area (Å²) in [6, 6.07) is 10.2. The smallest absolute Gasteiger partial charge is 0.147 e. The standard InChI is InChI=1S/C15H21NO2S/c1-4-14(18-12-17-2)10-15(19-3)16-11-13-8-6-5-7-9-13/h4-9,14H,1,10-12H2,2-3H3. The van der Waals surface area contributed by atoms with Gasteiger partial charge in [0.25, 0.3) is 0 Å². The lowest BCUT2D eigenvalue weighted by Crippen LogP contribution is -2.15. The lowest BCUT2D eigenvalue weighted by molar-refractivity contribution is -0.0526. The summed E-state index contributed by atoms with van der Waals surface area (Å²) in [7, 11) is 1.61. The van der Waals surface area contributed by atoms with Crippen molar-refractivity contribution < 1.29 is 9.47 Å². The molecule has 0 spiro atoms. The van der Waals surface area contributed by atoms with E-state index in [2.05, 4.69) is 23.7 Å². The van der Waals surface area contributed by atoms with Crippen molar-refractivity contribution in [2.24, 2.45) is 4.99 Å². The van der Waals surface area contributed by atoms with Gasteiger partial charge in [-0.25, -0.2) is 0 Å². The molecule has 1 aromatic carbocycles. The third-order valence-corrected chi connectivity index (χ3v) is 3.32. The molecular formula is C15H21NO2S. The number of hydrogen-bond donors (Lipinski definition) is 0. The van der Waals surface area contributed by atoms with Crippen LogP contribution in [0.5, 0.6) is 0 Å². The van der Waals surface area contributed by atoms with E-state index in [0.29, 0.717) is 6.54 Å². The lowest BCUT2D eigenvalue weighted by atomic mass is 10.2. The van der Waals surface area contributed by atoms with E-state index in [0.717, 1.165) is 11.5 Å². The van der Waals surface area contributed by atoms with Crippen LogP contribution in [0.3, 0.4) is 0 Å². The maximum atomic E-state index is 5.49. The Morgan fingerprint density at radius 1 is 1.42 bits per heavy atom. The van der Waals surface area contributed by atoms with Crippen molar-refractivity contribution in [1.29, 1.82) is 0 Å². The number of hydrogen-bond acceptors (Lipinski definition) is 4. The molecule has 0 bridgehead atoms. The van der Waals surface area contributed by atoms with E-state index in [-0.39, 0.29) is 12.9 Å². The minimum atomic E-state index is -0.0538. The molecule has 1 rings (SSSR count). The normalized spacial score (nSPS) is 13.3. The van der Waals surface area contributed by atoms with E-state index in [4.69, 9.17) is 9.47 Å². The summed E-state index contributed by atoms with van der Waals surface area (Å²) in [6.45, 7) is 4.75. The first-order valence-electron chi connectivity index (χ1n) is 6.14. The molecule has 0 aliphatic carbocycles. The fourth-order valence-electron chi connectivity index (χ4n) is 1.51. The van der Waals surface area contributed by atoms with Crippen LogP contribution in [0.25, 0.3) is 0 Å². The van der Waals surface area contributed by atoms with E-state index >= 15 is 0 Å². The number of benzene rings is 1. The van der Waals surface area contributed by atoms with Gasteiger partial charge in [0.1, 0.15) is 6.79 Å². The topological polar surface area (TPSA) is 30.8 Å². The van der Waals surface area contributed by atoms with Crippen molar-refractivity contribution in [3.8, 4) is 0 Å². The summed E-state index contributed by atoms with van der Waals surface area (Å²) in [5.41, 5.74) is 1.21. The van der Waals surface area contributed by atoms with Crippen LogP contribution in [0, 0.1) is 0 Å². The Hall–Kier alpha value is -1.10. The molecule has 19 heavy (non-hydrogen) atoms. The average Bonchev–Trinajstić information content (AvgIpc) is 2.47. The minimum absolute atomic E-state index is 0.0538. The molecule has 0 fully saturated rings. The van der Waals surface area contributed by atoms with Gasteiger partial charge in [0.15, 0.2) is 0 Å². The molecule has 3 nitrogen and oxygen atoms in total. The van der Waals surface area contributed by atoms with Crippen LogP contribution in [-0.4, -0.2) is 31.3 Å². The Labute approximate surface area is 119 Å². The Morgan fingerprint density at radius 3 is 2.74 bits per heavy atom. The van der Waals surface area contributed by atoms with E-state index < -0.39 is 0 Å². The Morgan fingerprint density at radius 2 is 2.16 bits per heavy atom. The summed E-state index contributed by atoms with van der Waals surface area (Å²) in [6.07, 6.45) is 4.50. The van der Waals surface area contributed by atoms with Gasteiger partial charge < -0.3 is 9.47 Å². The molecule has 4 heteroatoms. The molecular weight excluding hydrogens is 258 g/mol. The number of ether oxygens (including phenoxy) is 2. The van der Waals surface area contributed by atoms with Crippen LogP contribution in [-0.2, 0) is 16.0 Å². The maximum Gasteiger partial charge on any atom is 0.147 e. The van der Waals surface area contributed by atoms with Gasteiger partial charge >= 0.3 is 0 Å². The van der Waals surface area contributed by atoms with Crippen molar-refractivity contribution >= 4 is 16.8 Å². The lowest BCUT2D eigenvalue weighted by Gasteiger charge is -2.13. The van der Waals surface area contributed by atoms with E-state index in [1.807, 2.05) is 24.5 Å². The van der Waals surface area contributed by atoms with Crippen LogP contribution in [0.1, 0.15) is 12.0 Å². The highest BCUT2D eigenvalue weighted by atomic mass is 32.2. The van der Waals surface area contributed by atoms with Crippen molar-refractivity contribution in [2.45, 2.75) is 19.1 Å². The molecule has 0 saturated carbocycles. The molecule has 0 aromatic heterocycles. The first-order valence-corrected chi connectivity index (χ1v) is 7.37. The highest BCUT2D eigenvalue weighted by Gasteiger charge is 2.08. The van der Waals surface area contributed by atoms with Gasteiger partial charge in [-0.2, -0.15) is 0 Å². The van der Waals surface area contributed by atoms with Crippen molar-refractivity contribution in [2.75, 3.05) is 20.2 Å². The summed E-state index contributed by atoms with van der Waals surface area (Å²) in [4.78, 5) is 4.62. The molecule has 0 aliphatic heterocycles. The number of thioether (sulfide) groups is 1. The summed E-state index contributed by atoms with van der Waals surface area (Å²) in [5.74, 6) is 0. The van der Waals surface area contributed by atoms with Crippen LogP contribution in [0.2, 0.25) is 0 Å². The Kier molecular flexibility index (Phi) is 8.21. The molecule has 0 N–H and O–H groups in total. The number of aliphatic imine (C=N–C) groups is 1. The molecule has 0 aliphatic rings. The van der Waals surface area contributed by atoms with Crippen molar-refractivity contribution in [1.82, 2.24) is 0 Å². The van der Waals surface area contributed by atoms with Crippen molar-refractivity contribution in [3.63, 3.8) is 0 Å². The average molecular weight is 279 g/mol. The zero-order valence-electron chi connectivity index (χ0n) is 11.5. The highest BCUT2D eigenvalue weighted by Crippen LogP contribution is 2.12. The molecule has 0 radical (unpaired) electrons. The molecule has 1 atom stereocenters. The first-order chi connectivity index (χ1) is 9.30. The van der Waals surface area contributed by atoms with Crippen LogP contribution in [0.4, 0.5) is 0 Å². The largest absolute Gasteiger partial charge is 0.359 e. The molecule has 1 unspecified atom stereocenters. The minimum Gasteiger partial charge on any atom is -0.359 e. The quantitative estimate of drug-likeness (QED) is 0.316. The summed E-state index contributed by atoms with van der Waals surface area (Å²) >= 11 is 1.65. The van der Waals surface area contributed by atoms with Gasteiger partial charge in [0.05, 0.1) is 17.7 Å². The number of rotatable bonds is 8. The third kappa shape index (κ3) is 6.57. The van der Waals surface area contributed by atoms with E-state index in [9.17, 15) is 0 Å². The fourth-order valence-corrected chi connectivity index (χ4v) is 2.04. The summed E-state index contributed by atoms with van der Waals surface area (Å²) < 4.78 is 10.4. The number of methoxy groups -OCH3 is 1. The monoisotopic (exact) mass is 279 g/mol. The Balaban J connectivity index is 2.53. The van der Waals surface area contributed by atoms with E-state index in [1.165, 1.54) is 5.56 Å². The van der Waals surface area contributed by atoms with Crippen LogP contribution >= 0.6 is 11.8 Å². The second kappa shape index (κ2) is 9.78. The second-order valence-electron chi connectivity index (χ2n) is 3.95. The predicted molar refractivity (Wildman–Crippen MR) is 82.7 cm³/mol. The molecule has 1 aromatic rings. The van der Waals surface area contributed by atoms with Gasteiger partial charge in [0, 0.05) is 13.5 Å². The molecule has 0 heterocycles. The predicted octanol–water partition coefficient (Wildman–Crippen LogP) is 3.51. The van der Waals surface area contributed by atoms with Gasteiger partial charge in [-0.1, -0.05) is 36.4 Å². The second-order valence-corrected chi connectivity index (χ2v) is 4.83. The zero-order valence-corrected chi connectivity index (χ0v) is 12.4. The first kappa shape index (κ1) is 16.0. The van der Waals surface area contributed by atoms with Gasteiger partial charge in [-0.05, 0) is 11.8 Å². The van der Waals surface area contributed by atoms with Gasteiger partial charge in [-0.3, -0.25) is 4.99 Å². The van der Waals surface area contributed by atoms with Gasteiger partial charge in [-0.15, -0.1) is 18.3 Å². The Bertz CT molecular complexity index is 392. The SMILES string of the molecule is C=CC(CC(=NCc1ccccc1)SC)OCOC. The fraction of sp³-hybridized carbons (Fsp3) is 0.400. The highest BCUT2D eigenvalue weighted by molar-refractivity contribution is 8.13. The van der Waals surface area contributed by atoms with Crippen molar-refractivity contribution in [3.05, 3.63) is 48.6 Å². The molecule has 104 valence electrons. The summed E-state index contributed by atoms with van der Waals surface area (Å²) in [5, 5.41) is 1.06. The zero-order chi connectivity index (χ0) is 13.9. The molecule has 0 amide bonds. The van der Waals surface area contributed by atoms with Crippen LogP contribution in [0.15, 0.2) is 48.0 Å². The van der Waals surface area contributed by atoms with Crippen LogP contribution < -0.4 is 0 Å². The van der Waals surface area contributed by atoms with Gasteiger partial charge in [0.2, 0.25) is 0 Å². The molecule has 0 saturated heterocycles. The van der Waals surface area contributed by atoms with E-state index in [1.54, 1.807) is 24.9 Å².